The normalized spacial score (nSPS) is 17.9. The fourth-order valence-electron chi connectivity index (χ4n) is 4.56. The maximum absolute atomic E-state index is 13.4. The van der Waals surface area contributed by atoms with Gasteiger partial charge >= 0.3 is 0 Å². The molecule has 2 aliphatic rings. The number of benzene rings is 2. The summed E-state index contributed by atoms with van der Waals surface area (Å²) < 4.78 is 26.5. The van der Waals surface area contributed by atoms with E-state index in [-0.39, 0.29) is 29.0 Å². The summed E-state index contributed by atoms with van der Waals surface area (Å²) >= 11 is 0. The average molecular weight is 484 g/mol. The Morgan fingerprint density at radius 3 is 2.38 bits per heavy atom. The zero-order chi connectivity index (χ0) is 24.3. The van der Waals surface area contributed by atoms with Crippen molar-refractivity contribution in [1.82, 2.24) is 14.5 Å². The molecular formula is C25H29N3O5S. The highest BCUT2D eigenvalue weighted by Crippen LogP contribution is 2.30. The number of fused-ring (bicyclic) bond motifs is 1. The molecule has 1 saturated carbocycles. The average Bonchev–Trinajstić information content (AvgIpc) is 3.41. The van der Waals surface area contributed by atoms with E-state index in [2.05, 4.69) is 5.32 Å². The zero-order valence-corrected chi connectivity index (χ0v) is 20.0. The molecule has 0 spiro atoms. The third-order valence-corrected chi connectivity index (χ3v) is 8.33. The van der Waals surface area contributed by atoms with Crippen molar-refractivity contribution < 1.29 is 22.8 Å². The second-order valence-corrected chi connectivity index (χ2v) is 10.6. The predicted octanol–water partition coefficient (Wildman–Crippen LogP) is 2.35. The molecule has 1 aliphatic heterocycles. The Bertz CT molecular complexity index is 1180. The van der Waals surface area contributed by atoms with Gasteiger partial charge in [-0.1, -0.05) is 55.3 Å². The van der Waals surface area contributed by atoms with Crippen LogP contribution in [0, 0.1) is 0 Å². The first kappa shape index (κ1) is 23.9. The number of carbonyl (C=O) groups is 3. The van der Waals surface area contributed by atoms with Crippen LogP contribution in [0.4, 0.5) is 0 Å². The van der Waals surface area contributed by atoms with Crippen molar-refractivity contribution in [2.45, 2.75) is 56.0 Å². The Hall–Kier alpha value is -3.20. The number of amides is 3. The molecule has 1 fully saturated rings. The second kappa shape index (κ2) is 9.97. The van der Waals surface area contributed by atoms with E-state index in [1.54, 1.807) is 13.0 Å². The van der Waals surface area contributed by atoms with Gasteiger partial charge in [0.25, 0.3) is 15.9 Å². The van der Waals surface area contributed by atoms with Gasteiger partial charge in [-0.3, -0.25) is 14.4 Å². The molecule has 2 aromatic carbocycles. The Morgan fingerprint density at radius 1 is 1.06 bits per heavy atom. The highest BCUT2D eigenvalue weighted by Gasteiger charge is 2.43. The molecule has 1 atom stereocenters. The van der Waals surface area contributed by atoms with Crippen molar-refractivity contribution >= 4 is 27.7 Å². The lowest BCUT2D eigenvalue weighted by atomic mass is 10.1. The van der Waals surface area contributed by atoms with Gasteiger partial charge in [0.2, 0.25) is 11.8 Å². The monoisotopic (exact) mass is 483 g/mol. The molecule has 34 heavy (non-hydrogen) atoms. The topological polar surface area (TPSA) is 104 Å². The molecule has 2 aromatic rings. The molecule has 180 valence electrons. The summed E-state index contributed by atoms with van der Waals surface area (Å²) in [6, 6.07) is 14.7. The maximum atomic E-state index is 13.4. The zero-order valence-electron chi connectivity index (χ0n) is 19.1. The summed E-state index contributed by atoms with van der Waals surface area (Å²) in [5, 5.41) is 3.01. The Labute approximate surface area is 200 Å². The molecule has 1 N–H and O–H groups in total. The minimum atomic E-state index is -4.12. The quantitative estimate of drug-likeness (QED) is 0.621. The van der Waals surface area contributed by atoms with Crippen LogP contribution in [0.2, 0.25) is 0 Å². The minimum Gasteiger partial charge on any atom is -0.352 e. The highest BCUT2D eigenvalue weighted by molar-refractivity contribution is 7.90. The number of sulfonamides is 1. The molecule has 1 aliphatic carbocycles. The lowest BCUT2D eigenvalue weighted by Gasteiger charge is -2.30. The molecule has 1 heterocycles. The third kappa shape index (κ3) is 4.84. The molecule has 3 amide bonds. The summed E-state index contributed by atoms with van der Waals surface area (Å²) in [5.41, 5.74) is 1.04. The van der Waals surface area contributed by atoms with E-state index in [9.17, 15) is 22.8 Å². The van der Waals surface area contributed by atoms with Gasteiger partial charge in [0.05, 0.1) is 5.56 Å². The first-order valence-corrected chi connectivity index (χ1v) is 13.0. The summed E-state index contributed by atoms with van der Waals surface area (Å²) in [4.78, 5) is 40.4. The largest absolute Gasteiger partial charge is 0.352 e. The summed E-state index contributed by atoms with van der Waals surface area (Å²) in [6.07, 6.45) is 4.44. The van der Waals surface area contributed by atoms with Crippen LogP contribution in [-0.2, 0) is 26.0 Å². The van der Waals surface area contributed by atoms with Crippen molar-refractivity contribution in [3.8, 4) is 0 Å². The van der Waals surface area contributed by atoms with Gasteiger partial charge in [-0.2, -0.15) is 0 Å². The van der Waals surface area contributed by atoms with Crippen LogP contribution in [-0.4, -0.2) is 60.5 Å². The van der Waals surface area contributed by atoms with Crippen molar-refractivity contribution in [1.29, 1.82) is 0 Å². The molecule has 0 radical (unpaired) electrons. The van der Waals surface area contributed by atoms with E-state index in [0.717, 1.165) is 31.2 Å². The van der Waals surface area contributed by atoms with Crippen molar-refractivity contribution in [3.05, 3.63) is 65.7 Å². The van der Waals surface area contributed by atoms with E-state index >= 15 is 0 Å². The minimum absolute atomic E-state index is 0.0539. The van der Waals surface area contributed by atoms with Gasteiger partial charge in [0.15, 0.2) is 0 Å². The fraction of sp³-hybridized carbons (Fsp3) is 0.400. The summed E-state index contributed by atoms with van der Waals surface area (Å²) in [6.45, 7) is 1.21. The van der Waals surface area contributed by atoms with E-state index in [4.69, 9.17) is 0 Å². The number of nitrogens with one attached hydrogen (secondary N) is 1. The van der Waals surface area contributed by atoms with Crippen molar-refractivity contribution in [3.63, 3.8) is 0 Å². The van der Waals surface area contributed by atoms with E-state index in [1.165, 1.54) is 23.1 Å². The number of hydrogen-bond acceptors (Lipinski definition) is 5. The first-order chi connectivity index (χ1) is 16.3. The van der Waals surface area contributed by atoms with Crippen LogP contribution in [0.3, 0.4) is 0 Å². The van der Waals surface area contributed by atoms with Crippen LogP contribution in [0.15, 0.2) is 59.5 Å². The predicted molar refractivity (Wildman–Crippen MR) is 126 cm³/mol. The Morgan fingerprint density at radius 2 is 1.71 bits per heavy atom. The summed E-state index contributed by atoms with van der Waals surface area (Å²) in [5.74, 6) is -1.59. The van der Waals surface area contributed by atoms with Gasteiger partial charge in [0.1, 0.15) is 17.5 Å². The van der Waals surface area contributed by atoms with Crippen LogP contribution in [0.1, 0.15) is 48.5 Å². The molecule has 9 heteroatoms. The van der Waals surface area contributed by atoms with Crippen LogP contribution >= 0.6 is 0 Å². The molecular weight excluding hydrogens is 454 g/mol. The lowest BCUT2D eigenvalue weighted by Crippen LogP contribution is -2.53. The second-order valence-electron chi connectivity index (χ2n) is 8.80. The van der Waals surface area contributed by atoms with E-state index in [1.807, 2.05) is 30.3 Å². The first-order valence-electron chi connectivity index (χ1n) is 11.6. The van der Waals surface area contributed by atoms with E-state index in [0.29, 0.717) is 10.7 Å². The van der Waals surface area contributed by atoms with Crippen LogP contribution < -0.4 is 5.32 Å². The van der Waals surface area contributed by atoms with Crippen molar-refractivity contribution in [2.75, 3.05) is 13.1 Å². The van der Waals surface area contributed by atoms with Crippen LogP contribution in [0.5, 0.6) is 0 Å². The number of rotatable bonds is 8. The summed E-state index contributed by atoms with van der Waals surface area (Å²) in [7, 11) is -4.12. The molecule has 1 unspecified atom stereocenters. The Kier molecular flexibility index (Phi) is 7.02. The maximum Gasteiger partial charge on any atom is 0.269 e. The molecule has 8 nitrogen and oxygen atoms in total. The number of nitrogens with zero attached hydrogens (tertiary/aromatic N) is 2. The van der Waals surface area contributed by atoms with Gasteiger partial charge in [0, 0.05) is 12.6 Å². The molecule has 0 saturated heterocycles. The van der Waals surface area contributed by atoms with Crippen LogP contribution in [0.25, 0.3) is 0 Å². The molecule has 4 rings (SSSR count). The fourth-order valence-corrected chi connectivity index (χ4v) is 6.08. The number of carbonyl (C=O) groups excluding carboxylic acids is 3. The number of hydrogen-bond donors (Lipinski definition) is 1. The SMILES string of the molecule is CC(C(=O)NC1CCCC1)N(CCc1ccccc1)C(=O)CN1C(=O)c2ccccc2S1(=O)=O. The smallest absolute Gasteiger partial charge is 0.269 e. The van der Waals surface area contributed by atoms with E-state index < -0.39 is 34.4 Å². The standard InChI is InChI=1S/C25H29N3O5S/c1-18(24(30)26-20-11-5-6-12-20)27(16-15-19-9-3-2-4-10-19)23(29)17-28-25(31)21-13-7-8-14-22(21)34(28,32)33/h2-4,7-10,13-14,18,20H,5-6,11-12,15-17H2,1H3,(H,26,30). The third-order valence-electron chi connectivity index (χ3n) is 6.54. The van der Waals surface area contributed by atoms with Gasteiger partial charge in [-0.25, -0.2) is 12.7 Å². The van der Waals surface area contributed by atoms with Crippen molar-refractivity contribution in [2.24, 2.45) is 0 Å². The van der Waals surface area contributed by atoms with Gasteiger partial charge in [-0.05, 0) is 43.9 Å². The molecule has 0 bridgehead atoms. The molecule has 0 aromatic heterocycles. The van der Waals surface area contributed by atoms with Gasteiger partial charge in [-0.15, -0.1) is 0 Å². The lowest BCUT2D eigenvalue weighted by molar-refractivity contribution is -0.140. The van der Waals surface area contributed by atoms with Gasteiger partial charge < -0.3 is 10.2 Å². The highest BCUT2D eigenvalue weighted by atomic mass is 32.2. The Balaban J connectivity index is 1.53.